The SMILES string of the molecule is CCC(C)(C)C(=O)OC1(c2ccc(C(C)(C)C)cc2)CCCC1. The lowest BCUT2D eigenvalue weighted by Crippen LogP contribution is -2.36. The number of carbonyl (C=O) groups is 1. The summed E-state index contributed by atoms with van der Waals surface area (Å²) in [6, 6.07) is 8.71. The van der Waals surface area contributed by atoms with E-state index in [1.54, 1.807) is 0 Å². The zero-order valence-electron chi connectivity index (χ0n) is 15.7. The van der Waals surface area contributed by atoms with Crippen LogP contribution in [0, 0.1) is 5.41 Å². The monoisotopic (exact) mass is 316 g/mol. The van der Waals surface area contributed by atoms with Gasteiger partial charge >= 0.3 is 5.97 Å². The Hall–Kier alpha value is -1.31. The maximum atomic E-state index is 12.6. The molecule has 0 N–H and O–H groups in total. The van der Waals surface area contributed by atoms with Gasteiger partial charge in [-0.1, -0.05) is 52.0 Å². The van der Waals surface area contributed by atoms with Gasteiger partial charge < -0.3 is 4.74 Å². The van der Waals surface area contributed by atoms with Crippen molar-refractivity contribution in [1.29, 1.82) is 0 Å². The predicted molar refractivity (Wildman–Crippen MR) is 95.5 cm³/mol. The standard InChI is InChI=1S/C21H32O2/c1-7-20(5,6)18(22)23-21(14-8-9-15-21)17-12-10-16(11-13-17)19(2,3)4/h10-13H,7-9,14-15H2,1-6H3. The van der Waals surface area contributed by atoms with Crippen molar-refractivity contribution in [2.75, 3.05) is 0 Å². The van der Waals surface area contributed by atoms with E-state index >= 15 is 0 Å². The molecule has 1 aliphatic carbocycles. The van der Waals surface area contributed by atoms with Crippen molar-refractivity contribution in [3.63, 3.8) is 0 Å². The minimum absolute atomic E-state index is 0.0678. The smallest absolute Gasteiger partial charge is 0.312 e. The largest absolute Gasteiger partial charge is 0.454 e. The van der Waals surface area contributed by atoms with E-state index in [4.69, 9.17) is 4.74 Å². The molecule has 2 nitrogen and oxygen atoms in total. The quantitative estimate of drug-likeness (QED) is 0.663. The molecule has 1 aromatic carbocycles. The highest BCUT2D eigenvalue weighted by atomic mass is 16.6. The Morgan fingerprint density at radius 3 is 2.00 bits per heavy atom. The van der Waals surface area contributed by atoms with Crippen LogP contribution in [0.2, 0.25) is 0 Å². The Labute approximate surface area is 141 Å². The fourth-order valence-electron chi connectivity index (χ4n) is 3.13. The van der Waals surface area contributed by atoms with E-state index in [9.17, 15) is 4.79 Å². The minimum atomic E-state index is -0.417. The predicted octanol–water partition coefficient (Wildman–Crippen LogP) is 5.73. The summed E-state index contributed by atoms with van der Waals surface area (Å²) >= 11 is 0. The van der Waals surface area contributed by atoms with Crippen molar-refractivity contribution in [3.05, 3.63) is 35.4 Å². The van der Waals surface area contributed by atoms with Gasteiger partial charge in [-0.15, -0.1) is 0 Å². The van der Waals surface area contributed by atoms with Crippen LogP contribution in [0.3, 0.4) is 0 Å². The van der Waals surface area contributed by atoms with E-state index < -0.39 is 11.0 Å². The number of ether oxygens (including phenoxy) is 1. The fraction of sp³-hybridized carbons (Fsp3) is 0.667. The maximum Gasteiger partial charge on any atom is 0.312 e. The van der Waals surface area contributed by atoms with Gasteiger partial charge in [-0.25, -0.2) is 0 Å². The molecule has 0 radical (unpaired) electrons. The van der Waals surface area contributed by atoms with Crippen LogP contribution in [0.5, 0.6) is 0 Å². The Kier molecular flexibility index (Phi) is 4.94. The molecule has 1 saturated carbocycles. The van der Waals surface area contributed by atoms with Gasteiger partial charge in [-0.05, 0) is 62.5 Å². The molecule has 0 unspecified atom stereocenters. The molecule has 0 aromatic heterocycles. The van der Waals surface area contributed by atoms with Crippen LogP contribution in [-0.2, 0) is 20.5 Å². The number of carbonyl (C=O) groups excluding carboxylic acids is 1. The Balaban J connectivity index is 2.29. The van der Waals surface area contributed by atoms with E-state index in [1.807, 2.05) is 20.8 Å². The fourth-order valence-corrected chi connectivity index (χ4v) is 3.13. The second kappa shape index (κ2) is 6.30. The zero-order valence-corrected chi connectivity index (χ0v) is 15.7. The molecule has 0 saturated heterocycles. The van der Waals surface area contributed by atoms with E-state index in [1.165, 1.54) is 5.56 Å². The maximum absolute atomic E-state index is 12.6. The van der Waals surface area contributed by atoms with Crippen LogP contribution in [0.25, 0.3) is 0 Å². The van der Waals surface area contributed by atoms with Crippen molar-refractivity contribution in [3.8, 4) is 0 Å². The molecule has 23 heavy (non-hydrogen) atoms. The number of hydrogen-bond acceptors (Lipinski definition) is 2. The van der Waals surface area contributed by atoms with Gasteiger partial charge in [0.25, 0.3) is 0 Å². The van der Waals surface area contributed by atoms with Crippen molar-refractivity contribution in [2.24, 2.45) is 5.41 Å². The molecule has 0 atom stereocenters. The summed E-state index contributed by atoms with van der Waals surface area (Å²) in [5.74, 6) is -0.0678. The number of benzene rings is 1. The summed E-state index contributed by atoms with van der Waals surface area (Å²) in [4.78, 5) is 12.6. The topological polar surface area (TPSA) is 26.3 Å². The second-order valence-corrected chi connectivity index (χ2v) is 8.66. The van der Waals surface area contributed by atoms with E-state index in [0.717, 1.165) is 37.7 Å². The van der Waals surface area contributed by atoms with Gasteiger partial charge in [0.2, 0.25) is 0 Å². The first-order valence-corrected chi connectivity index (χ1v) is 8.95. The van der Waals surface area contributed by atoms with Crippen LogP contribution < -0.4 is 0 Å². The van der Waals surface area contributed by atoms with Gasteiger partial charge in [0, 0.05) is 0 Å². The summed E-state index contributed by atoms with van der Waals surface area (Å²) in [5.41, 5.74) is 1.78. The van der Waals surface area contributed by atoms with E-state index in [-0.39, 0.29) is 11.4 Å². The lowest BCUT2D eigenvalue weighted by atomic mass is 9.84. The molecule has 0 aliphatic heterocycles. The minimum Gasteiger partial charge on any atom is -0.454 e. The number of hydrogen-bond donors (Lipinski definition) is 0. The van der Waals surface area contributed by atoms with Crippen LogP contribution in [-0.4, -0.2) is 5.97 Å². The Morgan fingerprint density at radius 2 is 1.57 bits per heavy atom. The summed E-state index contributed by atoms with van der Waals surface area (Å²) < 4.78 is 6.13. The molecule has 1 aliphatic rings. The third kappa shape index (κ3) is 3.79. The van der Waals surface area contributed by atoms with Crippen molar-refractivity contribution < 1.29 is 9.53 Å². The molecule has 0 heterocycles. The van der Waals surface area contributed by atoms with Crippen LogP contribution in [0.15, 0.2) is 24.3 Å². The summed E-state index contributed by atoms with van der Waals surface area (Å²) in [5, 5.41) is 0. The molecule has 2 heteroatoms. The molecule has 1 fully saturated rings. The Bertz CT molecular complexity index is 540. The third-order valence-electron chi connectivity index (χ3n) is 5.41. The highest BCUT2D eigenvalue weighted by molar-refractivity contribution is 5.76. The lowest BCUT2D eigenvalue weighted by Gasteiger charge is -2.34. The summed E-state index contributed by atoms with van der Waals surface area (Å²) in [6.07, 6.45) is 4.92. The van der Waals surface area contributed by atoms with Gasteiger partial charge in [-0.2, -0.15) is 0 Å². The van der Waals surface area contributed by atoms with Crippen molar-refractivity contribution >= 4 is 5.97 Å². The van der Waals surface area contributed by atoms with Gasteiger partial charge in [-0.3, -0.25) is 4.79 Å². The Morgan fingerprint density at radius 1 is 1.04 bits per heavy atom. The van der Waals surface area contributed by atoms with Crippen molar-refractivity contribution in [2.45, 2.75) is 84.7 Å². The average Bonchev–Trinajstić information content (AvgIpc) is 2.96. The second-order valence-electron chi connectivity index (χ2n) is 8.66. The van der Waals surface area contributed by atoms with Crippen molar-refractivity contribution in [1.82, 2.24) is 0 Å². The average molecular weight is 316 g/mol. The third-order valence-corrected chi connectivity index (χ3v) is 5.41. The highest BCUT2D eigenvalue weighted by Gasteiger charge is 2.42. The van der Waals surface area contributed by atoms with Crippen LogP contribution in [0.4, 0.5) is 0 Å². The molecule has 128 valence electrons. The van der Waals surface area contributed by atoms with Gasteiger partial charge in [0.05, 0.1) is 5.41 Å². The van der Waals surface area contributed by atoms with Gasteiger partial charge in [0.1, 0.15) is 5.60 Å². The molecule has 2 rings (SSSR count). The molecule has 0 spiro atoms. The molecular weight excluding hydrogens is 284 g/mol. The first-order chi connectivity index (χ1) is 10.6. The summed E-state index contributed by atoms with van der Waals surface area (Å²) in [6.45, 7) is 12.6. The number of rotatable bonds is 4. The van der Waals surface area contributed by atoms with Crippen LogP contribution >= 0.6 is 0 Å². The van der Waals surface area contributed by atoms with E-state index in [0.29, 0.717) is 0 Å². The molecule has 0 bridgehead atoms. The van der Waals surface area contributed by atoms with Gasteiger partial charge in [0.15, 0.2) is 0 Å². The summed E-state index contributed by atoms with van der Waals surface area (Å²) in [7, 11) is 0. The first-order valence-electron chi connectivity index (χ1n) is 8.95. The lowest BCUT2D eigenvalue weighted by molar-refractivity contribution is -0.171. The highest BCUT2D eigenvalue weighted by Crippen LogP contribution is 2.44. The van der Waals surface area contributed by atoms with Crippen LogP contribution in [0.1, 0.15) is 84.8 Å². The zero-order chi connectivity index (χ0) is 17.3. The first kappa shape index (κ1) is 18.0. The molecule has 1 aromatic rings. The number of esters is 1. The van der Waals surface area contributed by atoms with E-state index in [2.05, 4.69) is 45.0 Å². The molecule has 0 amide bonds. The molecular formula is C21H32O2. The normalized spacial score (nSPS) is 18.0.